The van der Waals surface area contributed by atoms with E-state index in [1.54, 1.807) is 12.1 Å². The molecule has 12 heteroatoms. The maximum atomic E-state index is 10.7. The summed E-state index contributed by atoms with van der Waals surface area (Å²) in [6, 6.07) is 31.9. The van der Waals surface area contributed by atoms with Gasteiger partial charge in [0, 0.05) is 34.4 Å². The van der Waals surface area contributed by atoms with Gasteiger partial charge in [-0.05, 0) is 95.6 Å². The first-order valence-corrected chi connectivity index (χ1v) is 21.9. The average Bonchev–Trinajstić information content (AvgIpc) is 3.36. The van der Waals surface area contributed by atoms with Gasteiger partial charge in [0.25, 0.3) is 0 Å². The van der Waals surface area contributed by atoms with Crippen LogP contribution in [-0.4, -0.2) is 62.6 Å². The second-order valence-corrected chi connectivity index (χ2v) is 16.7. The molecule has 2 unspecified atom stereocenters. The summed E-state index contributed by atoms with van der Waals surface area (Å²) >= 11 is 0. The number of hydrogen-bond acceptors (Lipinski definition) is 10. The van der Waals surface area contributed by atoms with Crippen LogP contribution in [0.1, 0.15) is 31.7 Å². The summed E-state index contributed by atoms with van der Waals surface area (Å²) in [5.41, 5.74) is 7.99. The molecule has 3 atom stereocenters. The fourth-order valence-corrected chi connectivity index (χ4v) is 8.74. The first-order valence-electron chi connectivity index (χ1n) is 21.9. The lowest BCUT2D eigenvalue weighted by molar-refractivity contribution is 0.321. The third-order valence-electron chi connectivity index (χ3n) is 12.4. The van der Waals surface area contributed by atoms with E-state index in [-0.39, 0.29) is 34.0 Å². The van der Waals surface area contributed by atoms with E-state index in [2.05, 4.69) is 72.2 Å². The fraction of sp³-hybridized carbons (Fsp3) is 0.107. The summed E-state index contributed by atoms with van der Waals surface area (Å²) in [6.45, 7) is 8.19. The van der Waals surface area contributed by atoms with Crippen LogP contribution in [0, 0.1) is 5.92 Å². The maximum Gasteiger partial charge on any atom is 0.208 e. The highest BCUT2D eigenvalue weighted by molar-refractivity contribution is 6.51. The van der Waals surface area contributed by atoms with Gasteiger partial charge in [0.1, 0.15) is 21.4 Å². The van der Waals surface area contributed by atoms with Crippen LogP contribution < -0.4 is 20.7 Å². The number of benzene rings is 6. The summed E-state index contributed by atoms with van der Waals surface area (Å²) in [5, 5.41) is 83.5. The quantitative estimate of drug-likeness (QED) is 0.0256. The molecule has 2 aliphatic rings. The number of hydrogen-bond donors (Lipinski definition) is 8. The van der Waals surface area contributed by atoms with Crippen molar-refractivity contribution in [3.63, 3.8) is 0 Å². The molecule has 0 saturated heterocycles. The Labute approximate surface area is 397 Å². The van der Waals surface area contributed by atoms with Crippen LogP contribution in [0.15, 0.2) is 182 Å². The third kappa shape index (κ3) is 8.71. The molecule has 0 spiro atoms. The SMILES string of the molecule is [B]c1c([B])c(O)c(-c2ccc(N(C(=C)/C=C\C=C/C)c3ccc(-c4ccc(-c5ccc(N(C6=C[C@@H](C)C(c7c(O)c(O)c(O)c(O)c7O)C=C6)C6C=CC=CC6)cc5)cc4)cc3)cc2)c(O)c1O. The Bertz CT molecular complexity index is 3020. The average molecular weight is 899 g/mol. The van der Waals surface area contributed by atoms with E-state index in [4.69, 9.17) is 15.7 Å². The molecule has 68 heavy (non-hydrogen) atoms. The van der Waals surface area contributed by atoms with Gasteiger partial charge in [0.05, 0.1) is 17.2 Å². The van der Waals surface area contributed by atoms with Crippen molar-refractivity contribution in [1.82, 2.24) is 0 Å². The van der Waals surface area contributed by atoms with Gasteiger partial charge in [0.2, 0.25) is 17.2 Å². The monoisotopic (exact) mass is 898 g/mol. The van der Waals surface area contributed by atoms with Crippen molar-refractivity contribution in [2.45, 2.75) is 32.2 Å². The van der Waals surface area contributed by atoms with Crippen LogP contribution in [0.25, 0.3) is 33.4 Å². The molecule has 0 aliphatic heterocycles. The number of allylic oxidation sites excluding steroid dienone is 9. The molecule has 0 aromatic heterocycles. The van der Waals surface area contributed by atoms with Gasteiger partial charge in [-0.15, -0.1) is 0 Å². The summed E-state index contributed by atoms with van der Waals surface area (Å²) in [7, 11) is 11.7. The van der Waals surface area contributed by atoms with Gasteiger partial charge in [-0.2, -0.15) is 0 Å². The summed E-state index contributed by atoms with van der Waals surface area (Å²) < 4.78 is 0. The zero-order chi connectivity index (χ0) is 48.4. The maximum absolute atomic E-state index is 10.7. The first kappa shape index (κ1) is 46.2. The minimum Gasteiger partial charge on any atom is -0.508 e. The Balaban J connectivity index is 1.02. The molecule has 0 saturated carbocycles. The summed E-state index contributed by atoms with van der Waals surface area (Å²) in [5.74, 6) is -6.65. The van der Waals surface area contributed by atoms with E-state index in [1.807, 2.05) is 110 Å². The molecule has 4 radical (unpaired) electrons. The molecule has 0 fully saturated rings. The van der Waals surface area contributed by atoms with Crippen molar-refractivity contribution < 1.29 is 40.9 Å². The molecule has 8 rings (SSSR count). The lowest BCUT2D eigenvalue weighted by Gasteiger charge is -2.36. The van der Waals surface area contributed by atoms with Gasteiger partial charge >= 0.3 is 0 Å². The molecular weight excluding hydrogens is 850 g/mol. The zero-order valence-electron chi connectivity index (χ0n) is 37.4. The van der Waals surface area contributed by atoms with Crippen molar-refractivity contribution in [3.8, 4) is 79.4 Å². The Morgan fingerprint density at radius 1 is 0.574 bits per heavy atom. The number of rotatable bonds is 12. The van der Waals surface area contributed by atoms with Gasteiger partial charge in [0.15, 0.2) is 23.0 Å². The lowest BCUT2D eigenvalue weighted by atomic mass is 9.77. The van der Waals surface area contributed by atoms with E-state index in [0.29, 0.717) is 11.3 Å². The van der Waals surface area contributed by atoms with Crippen molar-refractivity contribution in [1.29, 1.82) is 0 Å². The van der Waals surface area contributed by atoms with Crippen LogP contribution in [0.5, 0.6) is 46.0 Å². The van der Waals surface area contributed by atoms with Gasteiger partial charge < -0.3 is 50.7 Å². The summed E-state index contributed by atoms with van der Waals surface area (Å²) in [4.78, 5) is 4.21. The van der Waals surface area contributed by atoms with Crippen molar-refractivity contribution in [3.05, 3.63) is 187 Å². The van der Waals surface area contributed by atoms with E-state index in [9.17, 15) is 40.9 Å². The number of phenolic OH excluding ortho intramolecular Hbond substituents is 8. The second-order valence-electron chi connectivity index (χ2n) is 16.7. The number of aromatic hydroxyl groups is 8. The molecule has 10 nitrogen and oxygen atoms in total. The molecule has 0 bridgehead atoms. The molecule has 2 aliphatic carbocycles. The standard InChI is InChI=1S/C56H48B2N2O8/c1-4-5-7-10-33(3)59(41-27-21-38(22-28-41)45-49(61)47(57)48(58)53(65)50(45)62)40-23-17-36(18-24-40)34-13-15-35(16-14-34)37-19-25-42(26-20-37)60(39-11-8-6-9-12-39)43-29-30-44(32(2)31-43)46-51(63)54(66)56(68)55(67)52(46)64/h4-11,13-32,39,44,61-68H,3,12H2,1-2H3/b5-4-,10-7-/t32-,39?,44?/m1/s1. The van der Waals surface area contributed by atoms with Crippen molar-refractivity contribution in [2.75, 3.05) is 9.80 Å². The molecule has 6 aromatic rings. The van der Waals surface area contributed by atoms with Crippen molar-refractivity contribution >= 4 is 43.7 Å². The van der Waals surface area contributed by atoms with Crippen LogP contribution in [0.4, 0.5) is 17.1 Å². The predicted octanol–water partition coefficient (Wildman–Crippen LogP) is 10.3. The first-order chi connectivity index (χ1) is 32.7. The van der Waals surface area contributed by atoms with Gasteiger partial charge in [-0.1, -0.05) is 140 Å². The molecule has 6 aromatic carbocycles. The highest BCUT2D eigenvalue weighted by atomic mass is 16.4. The van der Waals surface area contributed by atoms with Crippen molar-refractivity contribution in [2.24, 2.45) is 5.92 Å². The largest absolute Gasteiger partial charge is 0.508 e. The minimum absolute atomic E-state index is 0.00255. The molecular formula is C56H48B2N2O8. The van der Waals surface area contributed by atoms with E-state index in [1.165, 1.54) is 0 Å². The van der Waals surface area contributed by atoms with Crippen LogP contribution in [0.3, 0.4) is 0 Å². The topological polar surface area (TPSA) is 168 Å². The fourth-order valence-electron chi connectivity index (χ4n) is 8.74. The van der Waals surface area contributed by atoms with E-state index in [0.717, 1.165) is 51.4 Å². The van der Waals surface area contributed by atoms with Crippen LogP contribution in [0.2, 0.25) is 0 Å². The number of phenols is 8. The molecule has 336 valence electrons. The van der Waals surface area contributed by atoms with E-state index >= 15 is 0 Å². The zero-order valence-corrected chi connectivity index (χ0v) is 37.4. The Kier molecular flexibility index (Phi) is 13.1. The predicted molar refractivity (Wildman–Crippen MR) is 273 cm³/mol. The minimum atomic E-state index is -0.984. The molecule has 0 amide bonds. The third-order valence-corrected chi connectivity index (χ3v) is 12.4. The van der Waals surface area contributed by atoms with Crippen LogP contribution >= 0.6 is 0 Å². The van der Waals surface area contributed by atoms with Gasteiger partial charge in [-0.25, -0.2) is 0 Å². The van der Waals surface area contributed by atoms with Gasteiger partial charge in [-0.3, -0.25) is 0 Å². The Hall–Kier alpha value is -8.37. The molecule has 8 N–H and O–H groups in total. The number of nitrogens with zero attached hydrogens (tertiary/aromatic N) is 2. The normalized spacial score (nSPS) is 16.6. The lowest BCUT2D eigenvalue weighted by Crippen LogP contribution is -2.34. The van der Waals surface area contributed by atoms with E-state index < -0.39 is 51.9 Å². The highest BCUT2D eigenvalue weighted by Crippen LogP contribution is 2.55. The summed E-state index contributed by atoms with van der Waals surface area (Å²) in [6.07, 6.45) is 22.4. The Morgan fingerprint density at radius 2 is 1.06 bits per heavy atom. The smallest absolute Gasteiger partial charge is 0.208 e. The van der Waals surface area contributed by atoms with Crippen LogP contribution in [-0.2, 0) is 0 Å². The molecule has 0 heterocycles. The number of anilines is 3. The second kappa shape index (κ2) is 19.2. The Morgan fingerprint density at radius 3 is 1.56 bits per heavy atom. The highest BCUT2D eigenvalue weighted by Gasteiger charge is 2.33.